The molecule has 0 saturated carbocycles. The second-order valence-electron chi connectivity index (χ2n) is 3.87. The number of fused-ring (bicyclic) bond motifs is 1. The van der Waals surface area contributed by atoms with Crippen molar-refractivity contribution in [3.8, 4) is 0 Å². The highest BCUT2D eigenvalue weighted by molar-refractivity contribution is 7.84. The molecule has 2 aliphatic carbocycles. The molecule has 2 heteroatoms. The molecule has 17 heavy (non-hydrogen) atoms. The van der Waals surface area contributed by atoms with Crippen LogP contribution in [0.5, 0.6) is 0 Å². The van der Waals surface area contributed by atoms with Crippen LogP contribution in [0, 0.1) is 0 Å². The Morgan fingerprint density at radius 1 is 1.12 bits per heavy atom. The van der Waals surface area contributed by atoms with E-state index in [0.29, 0.717) is 5.57 Å². The summed E-state index contributed by atoms with van der Waals surface area (Å²) in [5.74, 6) is 0. The molecule has 2 aliphatic rings. The van der Waals surface area contributed by atoms with E-state index in [-0.39, 0.29) is 0 Å². The SMILES string of the molecule is CCC1=CC=CC=C2C1=CC=CC(C=O)=C2S. The molecule has 0 fully saturated rings. The minimum atomic E-state index is 0.622. The van der Waals surface area contributed by atoms with Gasteiger partial charge in [-0.25, -0.2) is 0 Å². The fourth-order valence-electron chi connectivity index (χ4n) is 1.97. The van der Waals surface area contributed by atoms with E-state index < -0.39 is 0 Å². The van der Waals surface area contributed by atoms with Crippen molar-refractivity contribution in [3.63, 3.8) is 0 Å². The normalized spacial score (nSPS) is 18.8. The summed E-state index contributed by atoms with van der Waals surface area (Å²) in [7, 11) is 0. The molecular formula is C15H14OS. The number of rotatable bonds is 2. The zero-order valence-corrected chi connectivity index (χ0v) is 10.6. The Balaban J connectivity index is 2.61. The van der Waals surface area contributed by atoms with Gasteiger partial charge in [-0.05, 0) is 23.1 Å². The van der Waals surface area contributed by atoms with Crippen LogP contribution in [-0.2, 0) is 4.79 Å². The highest BCUT2D eigenvalue weighted by atomic mass is 32.1. The fraction of sp³-hybridized carbons (Fsp3) is 0.133. The van der Waals surface area contributed by atoms with Crippen LogP contribution in [0.2, 0.25) is 0 Å². The third kappa shape index (κ3) is 2.27. The van der Waals surface area contributed by atoms with Gasteiger partial charge in [0.05, 0.1) is 0 Å². The Hall–Kier alpha value is -1.54. The maximum Gasteiger partial charge on any atom is 0.151 e. The molecular weight excluding hydrogens is 228 g/mol. The first-order valence-corrected chi connectivity index (χ1v) is 6.08. The van der Waals surface area contributed by atoms with Crippen LogP contribution < -0.4 is 0 Å². The molecule has 0 bridgehead atoms. The van der Waals surface area contributed by atoms with Gasteiger partial charge in [-0.15, -0.1) is 12.6 Å². The van der Waals surface area contributed by atoms with Gasteiger partial charge in [0, 0.05) is 10.5 Å². The molecule has 0 aromatic heterocycles. The van der Waals surface area contributed by atoms with Crippen molar-refractivity contribution in [1.29, 1.82) is 0 Å². The second-order valence-corrected chi connectivity index (χ2v) is 4.32. The topological polar surface area (TPSA) is 17.1 Å². The number of allylic oxidation sites excluding steroid dienone is 11. The van der Waals surface area contributed by atoms with E-state index in [9.17, 15) is 4.79 Å². The van der Waals surface area contributed by atoms with E-state index in [1.54, 1.807) is 6.08 Å². The van der Waals surface area contributed by atoms with Crippen molar-refractivity contribution in [1.82, 2.24) is 0 Å². The second kappa shape index (κ2) is 5.19. The zero-order valence-electron chi connectivity index (χ0n) is 9.68. The molecule has 0 aromatic rings. The van der Waals surface area contributed by atoms with Crippen LogP contribution in [0.4, 0.5) is 0 Å². The quantitative estimate of drug-likeness (QED) is 0.577. The molecule has 0 aliphatic heterocycles. The van der Waals surface area contributed by atoms with Crippen LogP contribution in [0.1, 0.15) is 13.3 Å². The van der Waals surface area contributed by atoms with Crippen molar-refractivity contribution >= 4 is 18.9 Å². The van der Waals surface area contributed by atoms with E-state index >= 15 is 0 Å². The molecule has 0 amide bonds. The first-order valence-electron chi connectivity index (χ1n) is 5.63. The summed E-state index contributed by atoms with van der Waals surface area (Å²) in [6, 6.07) is 0. The molecule has 0 saturated heterocycles. The summed E-state index contributed by atoms with van der Waals surface area (Å²) < 4.78 is 0. The van der Waals surface area contributed by atoms with Crippen LogP contribution in [0.3, 0.4) is 0 Å². The lowest BCUT2D eigenvalue weighted by atomic mass is 9.95. The van der Waals surface area contributed by atoms with Crippen LogP contribution in [0.15, 0.2) is 69.7 Å². The van der Waals surface area contributed by atoms with Crippen molar-refractivity contribution in [3.05, 3.63) is 69.7 Å². The molecule has 86 valence electrons. The van der Waals surface area contributed by atoms with Crippen LogP contribution in [-0.4, -0.2) is 6.29 Å². The number of carbonyl (C=O) groups excluding carboxylic acids is 1. The number of hydrogen-bond acceptors (Lipinski definition) is 2. The van der Waals surface area contributed by atoms with Crippen molar-refractivity contribution in [2.45, 2.75) is 13.3 Å². The fourth-order valence-corrected chi connectivity index (χ4v) is 2.29. The van der Waals surface area contributed by atoms with Gasteiger partial charge in [0.2, 0.25) is 0 Å². The Morgan fingerprint density at radius 2 is 1.82 bits per heavy atom. The smallest absolute Gasteiger partial charge is 0.151 e. The largest absolute Gasteiger partial charge is 0.298 e. The highest BCUT2D eigenvalue weighted by Gasteiger charge is 2.16. The minimum absolute atomic E-state index is 0.622. The van der Waals surface area contributed by atoms with Crippen LogP contribution in [0.25, 0.3) is 0 Å². The number of hydrogen-bond donors (Lipinski definition) is 1. The van der Waals surface area contributed by atoms with Crippen molar-refractivity contribution < 1.29 is 4.79 Å². The van der Waals surface area contributed by atoms with E-state index in [0.717, 1.165) is 28.8 Å². The zero-order chi connectivity index (χ0) is 12.3. The molecule has 0 N–H and O–H groups in total. The number of aldehydes is 1. The monoisotopic (exact) mass is 242 g/mol. The van der Waals surface area contributed by atoms with E-state index in [1.165, 1.54) is 5.57 Å². The highest BCUT2D eigenvalue weighted by Crippen LogP contribution is 2.34. The third-order valence-corrected chi connectivity index (χ3v) is 3.38. The van der Waals surface area contributed by atoms with Crippen molar-refractivity contribution in [2.75, 3.05) is 0 Å². The lowest BCUT2D eigenvalue weighted by Crippen LogP contribution is -1.95. The molecule has 0 unspecified atom stereocenters. The van der Waals surface area contributed by atoms with Gasteiger partial charge in [-0.1, -0.05) is 49.5 Å². The predicted octanol–water partition coefficient (Wildman–Crippen LogP) is 3.70. The van der Waals surface area contributed by atoms with Gasteiger partial charge in [0.1, 0.15) is 0 Å². The lowest BCUT2D eigenvalue weighted by Gasteiger charge is -2.12. The van der Waals surface area contributed by atoms with E-state index in [1.807, 2.05) is 30.4 Å². The summed E-state index contributed by atoms with van der Waals surface area (Å²) in [6.07, 6.45) is 15.7. The van der Waals surface area contributed by atoms with Gasteiger partial charge in [0.25, 0.3) is 0 Å². The number of thiol groups is 1. The van der Waals surface area contributed by atoms with E-state index in [2.05, 4.69) is 25.6 Å². The van der Waals surface area contributed by atoms with E-state index in [4.69, 9.17) is 0 Å². The Bertz CT molecular complexity index is 525. The van der Waals surface area contributed by atoms with Crippen LogP contribution >= 0.6 is 12.6 Å². The summed E-state index contributed by atoms with van der Waals surface area (Å²) in [5.41, 5.74) is 4.04. The molecule has 0 aromatic carbocycles. The maximum absolute atomic E-state index is 11.0. The third-order valence-electron chi connectivity index (χ3n) is 2.88. The molecule has 0 radical (unpaired) electrons. The summed E-state index contributed by atoms with van der Waals surface area (Å²) in [5, 5.41) is 0. The minimum Gasteiger partial charge on any atom is -0.298 e. The molecule has 0 spiro atoms. The number of carbonyl (C=O) groups is 1. The average molecular weight is 242 g/mol. The lowest BCUT2D eigenvalue weighted by molar-refractivity contribution is -0.104. The average Bonchev–Trinajstić information content (AvgIpc) is 2.63. The summed E-state index contributed by atoms with van der Waals surface area (Å²) >= 11 is 4.48. The summed E-state index contributed by atoms with van der Waals surface area (Å²) in [6.45, 7) is 2.13. The standard InChI is InChI=1S/C15H14OS/c1-2-11-6-3-4-8-14-13(11)9-5-7-12(10-16)15(14)17/h3-10,17H,2H2,1H3. The van der Waals surface area contributed by atoms with Gasteiger partial charge in [-0.2, -0.15) is 0 Å². The summed E-state index contributed by atoms with van der Waals surface area (Å²) in [4.78, 5) is 11.7. The van der Waals surface area contributed by atoms with Crippen molar-refractivity contribution in [2.24, 2.45) is 0 Å². The molecule has 2 rings (SSSR count). The predicted molar refractivity (Wildman–Crippen MR) is 74.9 cm³/mol. The first-order chi connectivity index (χ1) is 8.27. The van der Waals surface area contributed by atoms with Gasteiger partial charge >= 0.3 is 0 Å². The van der Waals surface area contributed by atoms with Gasteiger partial charge < -0.3 is 0 Å². The molecule has 0 atom stereocenters. The van der Waals surface area contributed by atoms with Gasteiger partial charge in [0.15, 0.2) is 6.29 Å². The molecule has 1 nitrogen and oxygen atoms in total. The first kappa shape index (κ1) is 11.9. The maximum atomic E-state index is 11.0. The Labute approximate surface area is 107 Å². The Kier molecular flexibility index (Phi) is 3.64. The van der Waals surface area contributed by atoms with Gasteiger partial charge in [-0.3, -0.25) is 4.79 Å². The molecule has 0 heterocycles. The Morgan fingerprint density at radius 3 is 2.53 bits per heavy atom.